The minimum absolute atomic E-state index is 0.0311. The molecule has 1 aliphatic rings. The van der Waals surface area contributed by atoms with Gasteiger partial charge < -0.3 is 14.6 Å². The first-order valence-electron chi connectivity index (χ1n) is 9.81. The molecule has 7 nitrogen and oxygen atoms in total. The summed E-state index contributed by atoms with van der Waals surface area (Å²) in [5.41, 5.74) is 0.802. The van der Waals surface area contributed by atoms with E-state index in [1.165, 1.54) is 18.4 Å². The molecular formula is C21H22F3N5O2. The van der Waals surface area contributed by atoms with Gasteiger partial charge in [0.05, 0.1) is 28.9 Å². The highest BCUT2D eigenvalue weighted by molar-refractivity contribution is 6.04. The molecule has 1 saturated heterocycles. The molecule has 0 spiro atoms. The maximum absolute atomic E-state index is 13.3. The molecule has 0 unspecified atom stereocenters. The van der Waals surface area contributed by atoms with E-state index in [-0.39, 0.29) is 11.4 Å². The van der Waals surface area contributed by atoms with Crippen molar-refractivity contribution in [2.45, 2.75) is 12.7 Å². The molecule has 2 aromatic heterocycles. The summed E-state index contributed by atoms with van der Waals surface area (Å²) in [6.07, 6.45) is -1.28. The Morgan fingerprint density at radius 1 is 1.16 bits per heavy atom. The molecule has 10 heteroatoms. The number of rotatable bonds is 5. The lowest BCUT2D eigenvalue weighted by atomic mass is 10.1. The lowest BCUT2D eigenvalue weighted by molar-refractivity contribution is -0.137. The summed E-state index contributed by atoms with van der Waals surface area (Å²) in [7, 11) is 1.87. The van der Waals surface area contributed by atoms with Crippen LogP contribution < -0.4 is 10.2 Å². The highest BCUT2D eigenvalue weighted by Crippen LogP contribution is 2.36. The smallest absolute Gasteiger partial charge is 0.416 e. The number of carbonyl (C=O) groups excluding carboxylic acids is 1. The average molecular weight is 433 g/mol. The largest absolute Gasteiger partial charge is 0.459 e. The molecule has 0 saturated carbocycles. The Morgan fingerprint density at radius 2 is 1.94 bits per heavy atom. The highest BCUT2D eigenvalue weighted by atomic mass is 19.4. The fourth-order valence-corrected chi connectivity index (χ4v) is 3.60. The Bertz CT molecular complexity index is 1040. The summed E-state index contributed by atoms with van der Waals surface area (Å²) < 4.78 is 46.6. The lowest BCUT2D eigenvalue weighted by Crippen LogP contribution is -2.46. The molecule has 1 amide bonds. The first-order chi connectivity index (χ1) is 14.8. The predicted molar refractivity (Wildman–Crippen MR) is 109 cm³/mol. The van der Waals surface area contributed by atoms with Gasteiger partial charge in [-0.2, -0.15) is 18.3 Å². The van der Waals surface area contributed by atoms with Crippen LogP contribution in [-0.4, -0.2) is 46.8 Å². The average Bonchev–Trinajstić information content (AvgIpc) is 3.40. The van der Waals surface area contributed by atoms with E-state index >= 15 is 0 Å². The van der Waals surface area contributed by atoms with Crippen molar-refractivity contribution in [3.05, 3.63) is 65.9 Å². The van der Waals surface area contributed by atoms with Gasteiger partial charge in [0.2, 0.25) is 0 Å². The molecule has 4 rings (SSSR count). The number of aryl methyl sites for hydroxylation is 1. The van der Waals surface area contributed by atoms with Crippen molar-refractivity contribution in [2.75, 3.05) is 36.4 Å². The summed E-state index contributed by atoms with van der Waals surface area (Å²) in [4.78, 5) is 16.6. The van der Waals surface area contributed by atoms with Gasteiger partial charge in [-0.05, 0) is 36.4 Å². The van der Waals surface area contributed by atoms with Crippen molar-refractivity contribution in [3.63, 3.8) is 0 Å². The summed E-state index contributed by atoms with van der Waals surface area (Å²) in [5, 5.41) is 6.96. The minimum atomic E-state index is -4.51. The van der Waals surface area contributed by atoms with Gasteiger partial charge in [0.1, 0.15) is 0 Å². The fourth-order valence-electron chi connectivity index (χ4n) is 3.60. The zero-order valence-corrected chi connectivity index (χ0v) is 16.9. The number of nitrogens with one attached hydrogen (secondary N) is 1. The maximum Gasteiger partial charge on any atom is 0.416 e. The van der Waals surface area contributed by atoms with Gasteiger partial charge in [-0.1, -0.05) is 0 Å². The third kappa shape index (κ3) is 4.91. The van der Waals surface area contributed by atoms with Crippen LogP contribution in [0, 0.1) is 0 Å². The van der Waals surface area contributed by atoms with Gasteiger partial charge in [-0.25, -0.2) is 0 Å². The second-order valence-corrected chi connectivity index (χ2v) is 7.41. The highest BCUT2D eigenvalue weighted by Gasteiger charge is 2.32. The van der Waals surface area contributed by atoms with Crippen molar-refractivity contribution >= 4 is 17.3 Å². The van der Waals surface area contributed by atoms with E-state index in [1.807, 2.05) is 24.2 Å². The first kappa shape index (κ1) is 21.0. The molecule has 1 fully saturated rings. The van der Waals surface area contributed by atoms with E-state index in [9.17, 15) is 18.0 Å². The van der Waals surface area contributed by atoms with E-state index < -0.39 is 17.6 Å². The van der Waals surface area contributed by atoms with Gasteiger partial charge in [-0.3, -0.25) is 14.4 Å². The van der Waals surface area contributed by atoms with Crippen LogP contribution in [-0.2, 0) is 19.8 Å². The quantitative estimate of drug-likeness (QED) is 0.666. The van der Waals surface area contributed by atoms with E-state index in [1.54, 1.807) is 10.7 Å². The van der Waals surface area contributed by atoms with Crippen LogP contribution in [0.1, 0.15) is 21.8 Å². The first-order valence-corrected chi connectivity index (χ1v) is 9.81. The fraction of sp³-hybridized carbons (Fsp3) is 0.333. The summed E-state index contributed by atoms with van der Waals surface area (Å²) in [6, 6.07) is 8.38. The zero-order valence-electron chi connectivity index (χ0n) is 16.9. The van der Waals surface area contributed by atoms with Gasteiger partial charge in [0.15, 0.2) is 5.76 Å². The van der Waals surface area contributed by atoms with Crippen LogP contribution in [0.15, 0.2) is 53.3 Å². The van der Waals surface area contributed by atoms with Crippen LogP contribution >= 0.6 is 0 Å². The molecule has 164 valence electrons. The van der Waals surface area contributed by atoms with Crippen LogP contribution in [0.5, 0.6) is 0 Å². The van der Waals surface area contributed by atoms with Crippen LogP contribution in [0.3, 0.4) is 0 Å². The van der Waals surface area contributed by atoms with E-state index in [4.69, 9.17) is 4.42 Å². The van der Waals surface area contributed by atoms with Crippen molar-refractivity contribution < 1.29 is 22.4 Å². The Hall–Kier alpha value is -3.27. The number of carbonyl (C=O) groups is 1. The Balaban J connectivity index is 1.51. The van der Waals surface area contributed by atoms with Gasteiger partial charge in [0.25, 0.3) is 5.91 Å². The number of alkyl halides is 3. The zero-order chi connectivity index (χ0) is 22.0. The third-order valence-electron chi connectivity index (χ3n) is 5.18. The van der Waals surface area contributed by atoms with Crippen molar-refractivity contribution in [3.8, 4) is 0 Å². The number of anilines is 2. The molecule has 1 aliphatic heterocycles. The monoisotopic (exact) mass is 433 g/mol. The Morgan fingerprint density at radius 3 is 2.55 bits per heavy atom. The van der Waals surface area contributed by atoms with E-state index in [2.05, 4.69) is 15.3 Å². The van der Waals surface area contributed by atoms with E-state index in [0.29, 0.717) is 25.3 Å². The number of nitrogens with zero attached hydrogens (tertiary/aromatic N) is 4. The van der Waals surface area contributed by atoms with Crippen molar-refractivity contribution in [1.29, 1.82) is 0 Å². The number of furan rings is 1. The van der Waals surface area contributed by atoms with E-state index in [0.717, 1.165) is 30.9 Å². The maximum atomic E-state index is 13.3. The number of hydrogen-bond acceptors (Lipinski definition) is 5. The van der Waals surface area contributed by atoms with Crippen molar-refractivity contribution in [1.82, 2.24) is 14.7 Å². The minimum Gasteiger partial charge on any atom is -0.459 e. The second-order valence-electron chi connectivity index (χ2n) is 7.41. The van der Waals surface area contributed by atoms with Gasteiger partial charge in [0, 0.05) is 46.0 Å². The number of aromatic nitrogens is 2. The normalized spacial score (nSPS) is 15.3. The Labute approximate surface area is 177 Å². The van der Waals surface area contributed by atoms with Crippen molar-refractivity contribution in [2.24, 2.45) is 7.05 Å². The number of halogens is 3. The SMILES string of the molecule is Cn1ccc(CN2CCN(c3ccc(C(F)(F)F)cc3NC(=O)c3ccco3)CC2)n1. The van der Waals surface area contributed by atoms with Crippen LogP contribution in [0.25, 0.3) is 0 Å². The molecule has 3 heterocycles. The third-order valence-corrected chi connectivity index (χ3v) is 5.18. The number of benzene rings is 1. The molecule has 0 atom stereocenters. The predicted octanol–water partition coefficient (Wildman–Crippen LogP) is 3.61. The molecule has 1 N–H and O–H groups in total. The van der Waals surface area contributed by atoms with Crippen LogP contribution in [0.2, 0.25) is 0 Å². The lowest BCUT2D eigenvalue weighted by Gasteiger charge is -2.36. The molecule has 0 radical (unpaired) electrons. The second kappa shape index (κ2) is 8.46. The summed E-state index contributed by atoms with van der Waals surface area (Å²) in [5.74, 6) is -0.567. The number of piperazine rings is 1. The van der Waals surface area contributed by atoms with Crippen LogP contribution in [0.4, 0.5) is 24.5 Å². The molecular weight excluding hydrogens is 411 g/mol. The molecule has 0 bridgehead atoms. The van der Waals surface area contributed by atoms with Gasteiger partial charge in [-0.15, -0.1) is 0 Å². The standard InChI is InChI=1S/C21H22F3N5O2/c1-27-7-6-16(26-27)14-28-8-10-29(11-9-28)18-5-4-15(21(22,23)24)13-17(18)25-20(30)19-3-2-12-31-19/h2-7,12-13H,8-11,14H2,1H3,(H,25,30). The van der Waals surface area contributed by atoms with Gasteiger partial charge >= 0.3 is 6.18 Å². The number of hydrogen-bond donors (Lipinski definition) is 1. The molecule has 1 aromatic carbocycles. The molecule has 0 aliphatic carbocycles. The molecule has 31 heavy (non-hydrogen) atoms. The Kier molecular flexibility index (Phi) is 5.73. The summed E-state index contributed by atoms with van der Waals surface area (Å²) >= 11 is 0. The summed E-state index contributed by atoms with van der Waals surface area (Å²) in [6.45, 7) is 3.39. The number of amides is 1. The topological polar surface area (TPSA) is 66.5 Å². The molecule has 3 aromatic rings.